The first kappa shape index (κ1) is 20.0. The van der Waals surface area contributed by atoms with Crippen LogP contribution in [-0.4, -0.2) is 18.5 Å². The average Bonchev–Trinajstić information content (AvgIpc) is 2.83. The quantitative estimate of drug-likeness (QED) is 0.363. The van der Waals surface area contributed by atoms with Crippen LogP contribution in [0, 0.1) is 5.92 Å². The first-order valence-corrected chi connectivity index (χ1v) is 9.85. The Balaban J connectivity index is 1.77. The highest BCUT2D eigenvalue weighted by molar-refractivity contribution is 4.70. The van der Waals surface area contributed by atoms with Crippen LogP contribution in [0.4, 0.5) is 0 Å². The molecule has 0 saturated carbocycles. The van der Waals surface area contributed by atoms with Gasteiger partial charge in [-0.25, -0.2) is 0 Å². The van der Waals surface area contributed by atoms with Gasteiger partial charge in [0.05, 0.1) is 12.7 Å². The average molecular weight is 313 g/mol. The summed E-state index contributed by atoms with van der Waals surface area (Å²) in [6, 6.07) is 0. The predicted molar refractivity (Wildman–Crippen MR) is 95.1 cm³/mol. The lowest BCUT2D eigenvalue weighted by molar-refractivity contribution is -0.139. The summed E-state index contributed by atoms with van der Waals surface area (Å²) >= 11 is 0. The molecule has 0 N–H and O–H groups in total. The van der Waals surface area contributed by atoms with Gasteiger partial charge in [0.2, 0.25) is 0 Å². The molecule has 0 aromatic heterocycles. The maximum Gasteiger partial charge on any atom is 0.163 e. The Morgan fingerprint density at radius 2 is 1.45 bits per heavy atom. The van der Waals surface area contributed by atoms with E-state index in [1.807, 2.05) is 13.8 Å². The van der Waals surface area contributed by atoms with Crippen molar-refractivity contribution in [2.45, 2.75) is 117 Å². The minimum absolute atomic E-state index is 0.334. The van der Waals surface area contributed by atoms with E-state index in [4.69, 9.17) is 9.47 Å². The molecule has 2 nitrogen and oxygen atoms in total. The molecule has 132 valence electrons. The van der Waals surface area contributed by atoms with Crippen molar-refractivity contribution < 1.29 is 9.47 Å². The summed E-state index contributed by atoms with van der Waals surface area (Å²) in [5, 5.41) is 0. The molecule has 1 saturated heterocycles. The van der Waals surface area contributed by atoms with Crippen LogP contribution in [0.25, 0.3) is 0 Å². The second-order valence-corrected chi connectivity index (χ2v) is 7.72. The van der Waals surface area contributed by atoms with Gasteiger partial charge in [0.25, 0.3) is 0 Å². The lowest BCUT2D eigenvalue weighted by Crippen LogP contribution is -2.21. The van der Waals surface area contributed by atoms with Gasteiger partial charge < -0.3 is 9.47 Å². The van der Waals surface area contributed by atoms with E-state index < -0.39 is 0 Å². The number of hydrogen-bond donors (Lipinski definition) is 0. The molecule has 1 aliphatic rings. The Hall–Kier alpha value is -0.0800. The Bertz CT molecular complexity index is 262. The van der Waals surface area contributed by atoms with Gasteiger partial charge in [-0.05, 0) is 26.2 Å². The zero-order valence-electron chi connectivity index (χ0n) is 15.7. The zero-order chi connectivity index (χ0) is 16.3. The van der Waals surface area contributed by atoms with Crippen molar-refractivity contribution in [2.75, 3.05) is 6.61 Å². The maximum atomic E-state index is 5.83. The molecule has 2 heteroatoms. The molecule has 0 amide bonds. The van der Waals surface area contributed by atoms with E-state index in [9.17, 15) is 0 Å². The minimum atomic E-state index is -0.348. The summed E-state index contributed by atoms with van der Waals surface area (Å²) in [5.74, 6) is 0.583. The van der Waals surface area contributed by atoms with Crippen LogP contribution >= 0.6 is 0 Å². The summed E-state index contributed by atoms with van der Waals surface area (Å²) in [7, 11) is 0. The van der Waals surface area contributed by atoms with Crippen molar-refractivity contribution in [1.29, 1.82) is 0 Å². The second-order valence-electron chi connectivity index (χ2n) is 7.72. The van der Waals surface area contributed by atoms with Gasteiger partial charge >= 0.3 is 0 Å². The smallest absolute Gasteiger partial charge is 0.163 e. The molecular formula is C20H40O2. The Kier molecular flexibility index (Phi) is 10.4. The van der Waals surface area contributed by atoms with Crippen molar-refractivity contribution in [3.8, 4) is 0 Å². The van der Waals surface area contributed by atoms with E-state index in [0.717, 1.165) is 12.5 Å². The third kappa shape index (κ3) is 9.84. The fraction of sp³-hybridized carbons (Fsp3) is 1.00. The van der Waals surface area contributed by atoms with E-state index in [1.54, 1.807) is 0 Å². The van der Waals surface area contributed by atoms with Gasteiger partial charge in [0, 0.05) is 0 Å². The summed E-state index contributed by atoms with van der Waals surface area (Å²) in [6.07, 6.45) is 16.9. The van der Waals surface area contributed by atoms with Crippen LogP contribution < -0.4 is 0 Å². The molecule has 0 bridgehead atoms. The topological polar surface area (TPSA) is 18.5 Å². The van der Waals surface area contributed by atoms with E-state index >= 15 is 0 Å². The number of unbranched alkanes of at least 4 members (excludes halogenated alkanes) is 8. The van der Waals surface area contributed by atoms with Crippen LogP contribution in [0.5, 0.6) is 0 Å². The van der Waals surface area contributed by atoms with E-state index in [-0.39, 0.29) is 5.79 Å². The van der Waals surface area contributed by atoms with Crippen LogP contribution in [0.1, 0.15) is 105 Å². The van der Waals surface area contributed by atoms with Gasteiger partial charge in [0.15, 0.2) is 5.79 Å². The summed E-state index contributed by atoms with van der Waals surface area (Å²) in [5.41, 5.74) is 0. The Morgan fingerprint density at radius 3 is 1.95 bits per heavy atom. The van der Waals surface area contributed by atoms with Crippen LogP contribution in [0.15, 0.2) is 0 Å². The van der Waals surface area contributed by atoms with Crippen molar-refractivity contribution in [3.63, 3.8) is 0 Å². The summed E-state index contributed by atoms with van der Waals surface area (Å²) in [6.45, 7) is 9.48. The third-order valence-corrected chi connectivity index (χ3v) is 4.99. The summed E-state index contributed by atoms with van der Waals surface area (Å²) in [4.78, 5) is 0. The maximum absolute atomic E-state index is 5.83. The molecule has 0 radical (unpaired) electrons. The normalized spacial score (nSPS) is 22.1. The van der Waals surface area contributed by atoms with Gasteiger partial charge in [0.1, 0.15) is 0 Å². The molecule has 0 spiro atoms. The lowest BCUT2D eigenvalue weighted by atomic mass is 9.99. The number of ether oxygens (including phenoxy) is 2. The molecule has 1 rings (SSSR count). The Morgan fingerprint density at radius 1 is 0.909 bits per heavy atom. The molecule has 0 aliphatic carbocycles. The molecule has 22 heavy (non-hydrogen) atoms. The monoisotopic (exact) mass is 312 g/mol. The molecular weight excluding hydrogens is 272 g/mol. The second kappa shape index (κ2) is 11.5. The van der Waals surface area contributed by atoms with Gasteiger partial charge in [-0.15, -0.1) is 0 Å². The van der Waals surface area contributed by atoms with Gasteiger partial charge in [-0.3, -0.25) is 0 Å². The third-order valence-electron chi connectivity index (χ3n) is 4.99. The highest BCUT2D eigenvalue weighted by Crippen LogP contribution is 2.25. The highest BCUT2D eigenvalue weighted by Gasteiger charge is 2.31. The zero-order valence-corrected chi connectivity index (χ0v) is 15.7. The van der Waals surface area contributed by atoms with Crippen molar-refractivity contribution in [2.24, 2.45) is 5.92 Å². The summed E-state index contributed by atoms with van der Waals surface area (Å²) < 4.78 is 11.4. The molecule has 1 aliphatic heterocycles. The van der Waals surface area contributed by atoms with Gasteiger partial charge in [-0.2, -0.15) is 0 Å². The highest BCUT2D eigenvalue weighted by atomic mass is 16.7. The van der Waals surface area contributed by atoms with E-state index in [2.05, 4.69) is 13.8 Å². The van der Waals surface area contributed by atoms with Gasteiger partial charge in [-0.1, -0.05) is 84.5 Å². The predicted octanol–water partition coefficient (Wildman–Crippen LogP) is 6.48. The number of rotatable bonds is 13. The Labute approximate surface area is 139 Å². The first-order valence-electron chi connectivity index (χ1n) is 9.85. The minimum Gasteiger partial charge on any atom is -0.348 e. The fourth-order valence-electron chi connectivity index (χ4n) is 3.21. The van der Waals surface area contributed by atoms with Crippen LogP contribution in [-0.2, 0) is 9.47 Å². The molecule has 2 unspecified atom stereocenters. The molecule has 0 aromatic carbocycles. The van der Waals surface area contributed by atoms with Crippen molar-refractivity contribution in [1.82, 2.24) is 0 Å². The molecule has 0 aromatic rings. The molecule has 1 heterocycles. The van der Waals surface area contributed by atoms with Crippen molar-refractivity contribution in [3.05, 3.63) is 0 Å². The van der Waals surface area contributed by atoms with Crippen LogP contribution in [0.3, 0.4) is 0 Å². The van der Waals surface area contributed by atoms with Crippen molar-refractivity contribution >= 4 is 0 Å². The largest absolute Gasteiger partial charge is 0.348 e. The van der Waals surface area contributed by atoms with E-state index in [1.165, 1.54) is 77.0 Å². The number of hydrogen-bond acceptors (Lipinski definition) is 2. The van der Waals surface area contributed by atoms with E-state index in [0.29, 0.717) is 6.10 Å². The standard InChI is InChI=1S/C20H40O2/c1-5-18(2)15-13-11-9-7-6-8-10-12-14-16-19-17-21-20(3,4)22-19/h18-19H,5-17H2,1-4H3. The van der Waals surface area contributed by atoms with Crippen LogP contribution in [0.2, 0.25) is 0 Å². The molecule has 1 fully saturated rings. The molecule has 2 atom stereocenters. The first-order chi connectivity index (χ1) is 10.5. The lowest BCUT2D eigenvalue weighted by Gasteiger charge is -2.16. The SMILES string of the molecule is CCC(C)CCCCCCCCCCCC1COC(C)(C)O1. The fourth-order valence-corrected chi connectivity index (χ4v) is 3.21.